The van der Waals surface area contributed by atoms with Gasteiger partial charge in [0, 0.05) is 25.8 Å². The predicted octanol–water partition coefficient (Wildman–Crippen LogP) is 1.84. The fraction of sp³-hybridized carbons (Fsp3) is 0.938. The van der Waals surface area contributed by atoms with Crippen molar-refractivity contribution >= 4 is 5.91 Å². The van der Waals surface area contributed by atoms with Gasteiger partial charge in [0.05, 0.1) is 6.04 Å². The van der Waals surface area contributed by atoms with Gasteiger partial charge in [-0.15, -0.1) is 0 Å². The highest BCUT2D eigenvalue weighted by Crippen LogP contribution is 2.33. The first-order chi connectivity index (χ1) is 9.83. The molecule has 3 rings (SSSR count). The molecule has 1 aliphatic carbocycles. The largest absolute Gasteiger partial charge is 0.381 e. The third-order valence-corrected chi connectivity index (χ3v) is 5.37. The van der Waals surface area contributed by atoms with Crippen molar-refractivity contribution in [3.63, 3.8) is 0 Å². The Kier molecular flexibility index (Phi) is 4.94. The lowest BCUT2D eigenvalue weighted by Crippen LogP contribution is -2.43. The summed E-state index contributed by atoms with van der Waals surface area (Å²) in [4.78, 5) is 12.2. The Balaban J connectivity index is 1.36. The van der Waals surface area contributed by atoms with Gasteiger partial charge in [0.25, 0.3) is 0 Å². The lowest BCUT2D eigenvalue weighted by atomic mass is 9.85. The summed E-state index contributed by atoms with van der Waals surface area (Å²) in [5, 5.41) is 6.69. The molecule has 4 nitrogen and oxygen atoms in total. The number of amides is 1. The van der Waals surface area contributed by atoms with Gasteiger partial charge >= 0.3 is 0 Å². The molecule has 0 aromatic heterocycles. The highest BCUT2D eigenvalue weighted by Gasteiger charge is 2.37. The molecule has 0 aromatic rings. The number of fused-ring (bicyclic) bond motifs is 1. The van der Waals surface area contributed by atoms with Crippen molar-refractivity contribution in [2.75, 3.05) is 19.8 Å². The molecule has 4 heteroatoms. The molecule has 1 amide bonds. The molecule has 2 N–H and O–H groups in total. The third kappa shape index (κ3) is 3.53. The quantitative estimate of drug-likeness (QED) is 0.826. The SMILES string of the molecule is O=C(NCCC1CCOCC1)C1CC2CCCCC2N1. The summed E-state index contributed by atoms with van der Waals surface area (Å²) in [6.07, 6.45) is 9.71. The molecule has 0 aromatic carbocycles. The molecule has 0 bridgehead atoms. The number of hydrogen-bond donors (Lipinski definition) is 2. The minimum Gasteiger partial charge on any atom is -0.381 e. The van der Waals surface area contributed by atoms with Crippen molar-refractivity contribution in [3.05, 3.63) is 0 Å². The summed E-state index contributed by atoms with van der Waals surface area (Å²) in [7, 11) is 0. The van der Waals surface area contributed by atoms with Crippen LogP contribution in [0.15, 0.2) is 0 Å². The molecule has 0 spiro atoms. The maximum atomic E-state index is 12.2. The zero-order chi connectivity index (χ0) is 13.8. The van der Waals surface area contributed by atoms with Gasteiger partial charge in [-0.3, -0.25) is 4.79 Å². The third-order valence-electron chi connectivity index (χ3n) is 5.37. The van der Waals surface area contributed by atoms with Crippen molar-refractivity contribution in [2.24, 2.45) is 11.8 Å². The van der Waals surface area contributed by atoms with E-state index in [9.17, 15) is 4.79 Å². The average molecular weight is 280 g/mol. The Hall–Kier alpha value is -0.610. The van der Waals surface area contributed by atoms with Crippen LogP contribution >= 0.6 is 0 Å². The summed E-state index contributed by atoms with van der Waals surface area (Å²) in [6.45, 7) is 2.62. The molecule has 2 heterocycles. The number of carbonyl (C=O) groups excluding carboxylic acids is 1. The molecule has 2 aliphatic heterocycles. The average Bonchev–Trinajstić information content (AvgIpc) is 2.92. The number of carbonyl (C=O) groups is 1. The molecule has 0 radical (unpaired) electrons. The molecular formula is C16H28N2O2. The Labute approximate surface area is 122 Å². The van der Waals surface area contributed by atoms with E-state index in [0.717, 1.165) is 57.3 Å². The monoisotopic (exact) mass is 280 g/mol. The molecule has 1 saturated carbocycles. The van der Waals surface area contributed by atoms with Gasteiger partial charge < -0.3 is 15.4 Å². The summed E-state index contributed by atoms with van der Waals surface area (Å²) in [5.41, 5.74) is 0. The van der Waals surface area contributed by atoms with Crippen LogP contribution in [0.3, 0.4) is 0 Å². The van der Waals surface area contributed by atoms with E-state index in [1.165, 1.54) is 25.7 Å². The van der Waals surface area contributed by atoms with Crippen LogP contribution in [-0.2, 0) is 9.53 Å². The minimum absolute atomic E-state index is 0.0674. The van der Waals surface area contributed by atoms with Crippen molar-refractivity contribution in [2.45, 2.75) is 63.5 Å². The standard InChI is InChI=1S/C16H28N2O2/c19-16(17-8-5-12-6-9-20-10-7-12)15-11-13-3-1-2-4-14(13)18-15/h12-15,18H,1-11H2,(H,17,19). The molecule has 3 aliphatic rings. The lowest BCUT2D eigenvalue weighted by molar-refractivity contribution is -0.122. The summed E-state index contributed by atoms with van der Waals surface area (Å²) >= 11 is 0. The Morgan fingerprint density at radius 3 is 2.75 bits per heavy atom. The van der Waals surface area contributed by atoms with Crippen LogP contribution in [0.2, 0.25) is 0 Å². The first kappa shape index (κ1) is 14.3. The molecule has 3 fully saturated rings. The van der Waals surface area contributed by atoms with E-state index in [-0.39, 0.29) is 11.9 Å². The van der Waals surface area contributed by atoms with Gasteiger partial charge in [0.15, 0.2) is 0 Å². The van der Waals surface area contributed by atoms with Crippen LogP contribution in [0.4, 0.5) is 0 Å². The van der Waals surface area contributed by atoms with Crippen LogP contribution < -0.4 is 10.6 Å². The first-order valence-electron chi connectivity index (χ1n) is 8.44. The second kappa shape index (κ2) is 6.90. The molecule has 3 unspecified atom stereocenters. The molecule has 20 heavy (non-hydrogen) atoms. The van der Waals surface area contributed by atoms with E-state index in [4.69, 9.17) is 4.74 Å². The number of rotatable bonds is 4. The fourth-order valence-corrected chi connectivity index (χ4v) is 4.08. The normalized spacial score (nSPS) is 34.7. The summed E-state index contributed by atoms with van der Waals surface area (Å²) < 4.78 is 5.37. The first-order valence-corrected chi connectivity index (χ1v) is 8.44. The zero-order valence-electron chi connectivity index (χ0n) is 12.4. The second-order valence-electron chi connectivity index (χ2n) is 6.74. The Bertz CT molecular complexity index is 314. The van der Waals surface area contributed by atoms with Crippen LogP contribution in [0.5, 0.6) is 0 Å². The van der Waals surface area contributed by atoms with Crippen molar-refractivity contribution < 1.29 is 9.53 Å². The Morgan fingerprint density at radius 1 is 1.15 bits per heavy atom. The van der Waals surface area contributed by atoms with Gasteiger partial charge in [0.2, 0.25) is 5.91 Å². The fourth-order valence-electron chi connectivity index (χ4n) is 4.08. The van der Waals surface area contributed by atoms with E-state index in [1.807, 2.05) is 0 Å². The van der Waals surface area contributed by atoms with Crippen LogP contribution in [0.1, 0.15) is 51.4 Å². The van der Waals surface area contributed by atoms with Crippen LogP contribution in [0, 0.1) is 11.8 Å². The van der Waals surface area contributed by atoms with E-state index in [2.05, 4.69) is 10.6 Å². The topological polar surface area (TPSA) is 50.4 Å². The van der Waals surface area contributed by atoms with E-state index >= 15 is 0 Å². The molecule has 114 valence electrons. The number of hydrogen-bond acceptors (Lipinski definition) is 3. The second-order valence-corrected chi connectivity index (χ2v) is 6.74. The zero-order valence-corrected chi connectivity index (χ0v) is 12.4. The highest BCUT2D eigenvalue weighted by molar-refractivity contribution is 5.82. The predicted molar refractivity (Wildman–Crippen MR) is 78.5 cm³/mol. The summed E-state index contributed by atoms with van der Waals surface area (Å²) in [5.74, 6) is 1.71. The van der Waals surface area contributed by atoms with E-state index in [1.54, 1.807) is 0 Å². The van der Waals surface area contributed by atoms with Gasteiger partial charge in [-0.25, -0.2) is 0 Å². The smallest absolute Gasteiger partial charge is 0.237 e. The maximum Gasteiger partial charge on any atom is 0.237 e. The van der Waals surface area contributed by atoms with E-state index in [0.29, 0.717) is 6.04 Å². The Morgan fingerprint density at radius 2 is 1.95 bits per heavy atom. The van der Waals surface area contributed by atoms with Gasteiger partial charge in [0.1, 0.15) is 0 Å². The highest BCUT2D eigenvalue weighted by atomic mass is 16.5. The van der Waals surface area contributed by atoms with E-state index < -0.39 is 0 Å². The molecule has 2 saturated heterocycles. The molecule has 3 atom stereocenters. The molecular weight excluding hydrogens is 252 g/mol. The summed E-state index contributed by atoms with van der Waals surface area (Å²) in [6, 6.07) is 0.674. The van der Waals surface area contributed by atoms with Crippen molar-refractivity contribution in [1.29, 1.82) is 0 Å². The lowest BCUT2D eigenvalue weighted by Gasteiger charge is -2.24. The van der Waals surface area contributed by atoms with Gasteiger partial charge in [-0.1, -0.05) is 12.8 Å². The van der Waals surface area contributed by atoms with Crippen molar-refractivity contribution in [3.8, 4) is 0 Å². The maximum absolute atomic E-state index is 12.2. The van der Waals surface area contributed by atoms with Crippen LogP contribution in [-0.4, -0.2) is 37.7 Å². The van der Waals surface area contributed by atoms with Crippen molar-refractivity contribution in [1.82, 2.24) is 10.6 Å². The van der Waals surface area contributed by atoms with Gasteiger partial charge in [-0.05, 0) is 50.4 Å². The van der Waals surface area contributed by atoms with Gasteiger partial charge in [-0.2, -0.15) is 0 Å². The minimum atomic E-state index is 0.0674. The number of ether oxygens (including phenoxy) is 1. The number of nitrogens with one attached hydrogen (secondary N) is 2. The van der Waals surface area contributed by atoms with Crippen LogP contribution in [0.25, 0.3) is 0 Å².